The maximum absolute atomic E-state index is 13.6. The fourth-order valence-electron chi connectivity index (χ4n) is 1.54. The molecule has 0 aliphatic carbocycles. The number of hydrogen-bond acceptors (Lipinski definition) is 4. The van der Waals surface area contributed by atoms with E-state index in [0.717, 1.165) is 12.3 Å². The van der Waals surface area contributed by atoms with E-state index in [1.807, 2.05) is 4.72 Å². The topological polar surface area (TPSA) is 90.0 Å². The summed E-state index contributed by atoms with van der Waals surface area (Å²) in [5.74, 6) is -1.85. The maximum Gasteiger partial charge on any atom is 0.265 e. The number of anilines is 1. The summed E-state index contributed by atoms with van der Waals surface area (Å²) in [7, 11) is -4.02. The van der Waals surface area contributed by atoms with Gasteiger partial charge in [-0.25, -0.2) is 17.2 Å². The van der Waals surface area contributed by atoms with Crippen LogP contribution in [0.5, 0.6) is 0 Å². The Labute approximate surface area is 128 Å². The van der Waals surface area contributed by atoms with E-state index in [9.17, 15) is 17.2 Å². The van der Waals surface area contributed by atoms with E-state index in [2.05, 4.69) is 21.0 Å². The van der Waals surface area contributed by atoms with Crippen molar-refractivity contribution in [2.24, 2.45) is 5.73 Å². The van der Waals surface area contributed by atoms with E-state index in [4.69, 9.17) is 5.73 Å². The zero-order chi connectivity index (χ0) is 15.6. The highest BCUT2D eigenvalue weighted by molar-refractivity contribution is 9.10. The number of nitrogens with one attached hydrogen (secondary N) is 1. The van der Waals surface area contributed by atoms with E-state index >= 15 is 0 Å². The van der Waals surface area contributed by atoms with Crippen molar-refractivity contribution in [2.75, 3.05) is 11.3 Å². The summed E-state index contributed by atoms with van der Waals surface area (Å²) in [6, 6.07) is 1.59. The molecule has 3 N–H and O–H groups in total. The Morgan fingerprint density at radius 3 is 2.71 bits per heavy atom. The molecule has 0 aliphatic heterocycles. The minimum atomic E-state index is -4.02. The van der Waals surface area contributed by atoms with Gasteiger partial charge < -0.3 is 5.73 Å². The summed E-state index contributed by atoms with van der Waals surface area (Å²) in [5, 5.41) is 3.82. The van der Waals surface area contributed by atoms with Crippen molar-refractivity contribution in [3.05, 3.63) is 40.6 Å². The zero-order valence-electron chi connectivity index (χ0n) is 10.6. The largest absolute Gasteiger partial charge is 0.329 e. The van der Waals surface area contributed by atoms with Crippen molar-refractivity contribution in [2.45, 2.75) is 11.4 Å². The molecular formula is C11H11BrF2N4O2S. The molecule has 1 aromatic heterocycles. The number of benzene rings is 1. The first-order chi connectivity index (χ1) is 9.83. The van der Waals surface area contributed by atoms with Gasteiger partial charge >= 0.3 is 0 Å². The number of sulfonamides is 1. The third kappa shape index (κ3) is 3.57. The molecular weight excluding hydrogens is 370 g/mol. The molecule has 0 spiro atoms. The summed E-state index contributed by atoms with van der Waals surface area (Å²) in [6.07, 6.45) is 2.39. The Bertz CT molecular complexity index is 764. The average molecular weight is 381 g/mol. The van der Waals surface area contributed by atoms with Crippen LogP contribution in [0, 0.1) is 11.6 Å². The Kier molecular flexibility index (Phi) is 4.59. The number of rotatable bonds is 5. The summed E-state index contributed by atoms with van der Waals surface area (Å²) in [4.78, 5) is -0.143. The van der Waals surface area contributed by atoms with Gasteiger partial charge in [0.25, 0.3) is 10.0 Å². The minimum Gasteiger partial charge on any atom is -0.329 e. The van der Waals surface area contributed by atoms with E-state index in [-0.39, 0.29) is 15.1 Å². The molecule has 2 rings (SSSR count). The summed E-state index contributed by atoms with van der Waals surface area (Å²) >= 11 is 2.86. The molecule has 114 valence electrons. The van der Waals surface area contributed by atoms with Crippen LogP contribution in [0.3, 0.4) is 0 Å². The fraction of sp³-hybridized carbons (Fsp3) is 0.182. The first-order valence-corrected chi connectivity index (χ1v) is 8.01. The van der Waals surface area contributed by atoms with Gasteiger partial charge in [-0.3, -0.25) is 9.40 Å². The summed E-state index contributed by atoms with van der Waals surface area (Å²) in [6.45, 7) is 0.653. The lowest BCUT2D eigenvalue weighted by Gasteiger charge is -2.08. The van der Waals surface area contributed by atoms with Crippen LogP contribution in [0.1, 0.15) is 0 Å². The van der Waals surface area contributed by atoms with Gasteiger partial charge in [-0.1, -0.05) is 0 Å². The van der Waals surface area contributed by atoms with Crippen LogP contribution in [0.2, 0.25) is 0 Å². The van der Waals surface area contributed by atoms with Crippen molar-refractivity contribution < 1.29 is 17.2 Å². The second-order valence-corrected chi connectivity index (χ2v) is 6.62. The standard InChI is InChI=1S/C11H11BrF2N4O2S/c12-8-3-11(10(14)4-9(8)13)17-21(19,20)7-5-16-18(6-7)2-1-15/h3-6,17H,1-2,15H2. The van der Waals surface area contributed by atoms with Gasteiger partial charge in [-0.15, -0.1) is 0 Å². The van der Waals surface area contributed by atoms with Gasteiger partial charge in [0.05, 0.1) is 22.9 Å². The van der Waals surface area contributed by atoms with Crippen molar-refractivity contribution in [3.63, 3.8) is 0 Å². The van der Waals surface area contributed by atoms with Crippen molar-refractivity contribution in [1.82, 2.24) is 9.78 Å². The lowest BCUT2D eigenvalue weighted by Crippen LogP contribution is -2.14. The van der Waals surface area contributed by atoms with Gasteiger partial charge in [-0.2, -0.15) is 5.10 Å². The van der Waals surface area contributed by atoms with Crippen molar-refractivity contribution in [3.8, 4) is 0 Å². The van der Waals surface area contributed by atoms with Gasteiger partial charge in [-0.05, 0) is 22.0 Å². The third-order valence-corrected chi connectivity index (χ3v) is 4.46. The maximum atomic E-state index is 13.6. The van der Waals surface area contributed by atoms with Gasteiger partial charge in [0, 0.05) is 18.8 Å². The second kappa shape index (κ2) is 6.08. The molecule has 0 bridgehead atoms. The summed E-state index contributed by atoms with van der Waals surface area (Å²) in [5.41, 5.74) is 4.97. The highest BCUT2D eigenvalue weighted by Crippen LogP contribution is 2.25. The highest BCUT2D eigenvalue weighted by atomic mass is 79.9. The first kappa shape index (κ1) is 15.9. The molecule has 0 fully saturated rings. The molecule has 0 saturated heterocycles. The molecule has 0 unspecified atom stereocenters. The first-order valence-electron chi connectivity index (χ1n) is 5.73. The monoisotopic (exact) mass is 380 g/mol. The lowest BCUT2D eigenvalue weighted by atomic mass is 10.3. The second-order valence-electron chi connectivity index (χ2n) is 4.08. The van der Waals surface area contributed by atoms with Crippen LogP contribution in [0.15, 0.2) is 33.9 Å². The van der Waals surface area contributed by atoms with E-state index in [1.165, 1.54) is 10.9 Å². The SMILES string of the molecule is NCCn1cc(S(=O)(=O)Nc2cc(Br)c(F)cc2F)cn1. The van der Waals surface area contributed by atoms with E-state index in [0.29, 0.717) is 19.2 Å². The number of hydrogen-bond donors (Lipinski definition) is 2. The van der Waals surface area contributed by atoms with Crippen LogP contribution in [0.25, 0.3) is 0 Å². The highest BCUT2D eigenvalue weighted by Gasteiger charge is 2.19. The number of aromatic nitrogens is 2. The molecule has 21 heavy (non-hydrogen) atoms. The predicted molar refractivity (Wildman–Crippen MR) is 76.1 cm³/mol. The van der Waals surface area contributed by atoms with Crippen LogP contribution in [0.4, 0.5) is 14.5 Å². The molecule has 0 aliphatic rings. The number of nitrogens with zero attached hydrogens (tertiary/aromatic N) is 2. The zero-order valence-corrected chi connectivity index (χ0v) is 13.0. The molecule has 0 radical (unpaired) electrons. The normalized spacial score (nSPS) is 11.6. The van der Waals surface area contributed by atoms with Crippen LogP contribution >= 0.6 is 15.9 Å². The van der Waals surface area contributed by atoms with Gasteiger partial charge in [0.2, 0.25) is 0 Å². The van der Waals surface area contributed by atoms with Crippen LogP contribution < -0.4 is 10.5 Å². The van der Waals surface area contributed by atoms with E-state index < -0.39 is 21.7 Å². The van der Waals surface area contributed by atoms with Gasteiger partial charge in [0.1, 0.15) is 16.5 Å². The Hall–Kier alpha value is -1.52. The molecule has 0 amide bonds. The van der Waals surface area contributed by atoms with E-state index in [1.54, 1.807) is 0 Å². The molecule has 2 aromatic rings. The molecule has 0 atom stereocenters. The number of nitrogens with two attached hydrogens (primary N) is 1. The predicted octanol–water partition coefficient (Wildman–Crippen LogP) is 1.68. The van der Waals surface area contributed by atoms with Gasteiger partial charge in [0.15, 0.2) is 0 Å². The van der Waals surface area contributed by atoms with Crippen molar-refractivity contribution in [1.29, 1.82) is 0 Å². The smallest absolute Gasteiger partial charge is 0.265 e. The van der Waals surface area contributed by atoms with Crippen LogP contribution in [-0.2, 0) is 16.6 Å². The molecule has 10 heteroatoms. The Balaban J connectivity index is 2.30. The Morgan fingerprint density at radius 1 is 1.33 bits per heavy atom. The lowest BCUT2D eigenvalue weighted by molar-refractivity contribution is 0.579. The third-order valence-electron chi connectivity index (χ3n) is 2.53. The molecule has 0 saturated carbocycles. The summed E-state index contributed by atoms with van der Waals surface area (Å²) < 4.78 is 54.2. The molecule has 6 nitrogen and oxygen atoms in total. The number of halogens is 3. The quantitative estimate of drug-likeness (QED) is 0.772. The van der Waals surface area contributed by atoms with Crippen LogP contribution in [-0.4, -0.2) is 24.7 Å². The minimum absolute atomic E-state index is 0.0552. The average Bonchev–Trinajstić information content (AvgIpc) is 2.86. The fourth-order valence-corrected chi connectivity index (χ4v) is 2.90. The Morgan fingerprint density at radius 2 is 2.05 bits per heavy atom. The van der Waals surface area contributed by atoms with Crippen molar-refractivity contribution >= 4 is 31.6 Å². The molecule has 1 heterocycles. The molecule has 1 aromatic carbocycles.